The smallest absolute Gasteiger partial charge is 0.243 e. The van der Waals surface area contributed by atoms with Gasteiger partial charge >= 0.3 is 0 Å². The zero-order valence-corrected chi connectivity index (χ0v) is 13.4. The van der Waals surface area contributed by atoms with E-state index < -0.39 is 11.6 Å². The average Bonchev–Trinajstić information content (AvgIpc) is 2.46. The Hall–Kier alpha value is -2.43. The Balaban J connectivity index is 2.03. The normalized spacial score (nSPS) is 11.2. The van der Waals surface area contributed by atoms with Gasteiger partial charge in [-0.1, -0.05) is 39.0 Å². The predicted octanol–water partition coefficient (Wildman–Crippen LogP) is 4.31. The first-order valence-electron chi connectivity index (χ1n) is 7.35. The van der Waals surface area contributed by atoms with Crippen molar-refractivity contribution in [2.75, 3.05) is 17.2 Å². The van der Waals surface area contributed by atoms with Gasteiger partial charge in [-0.05, 0) is 29.2 Å². The lowest BCUT2D eigenvalue weighted by atomic mass is 9.86. The van der Waals surface area contributed by atoms with Crippen molar-refractivity contribution < 1.29 is 13.6 Å². The van der Waals surface area contributed by atoms with Gasteiger partial charge in [-0.3, -0.25) is 4.79 Å². The molecular formula is C18H20F2N2O. The lowest BCUT2D eigenvalue weighted by molar-refractivity contribution is -0.114. The zero-order chi connectivity index (χ0) is 17.0. The molecule has 0 saturated heterocycles. The van der Waals surface area contributed by atoms with Gasteiger partial charge in [0.2, 0.25) is 5.91 Å². The van der Waals surface area contributed by atoms with E-state index in [1.807, 2.05) is 24.3 Å². The Morgan fingerprint density at radius 1 is 1.04 bits per heavy atom. The molecule has 23 heavy (non-hydrogen) atoms. The summed E-state index contributed by atoms with van der Waals surface area (Å²) >= 11 is 0. The van der Waals surface area contributed by atoms with Crippen LogP contribution in [0.2, 0.25) is 0 Å². The van der Waals surface area contributed by atoms with Crippen molar-refractivity contribution in [3.63, 3.8) is 0 Å². The summed E-state index contributed by atoms with van der Waals surface area (Å²) in [6.45, 7) is 6.07. The van der Waals surface area contributed by atoms with Crippen molar-refractivity contribution in [2.24, 2.45) is 0 Å². The maximum absolute atomic E-state index is 13.5. The molecule has 2 rings (SSSR count). The monoisotopic (exact) mass is 318 g/mol. The summed E-state index contributed by atoms with van der Waals surface area (Å²) in [4.78, 5) is 12.1. The topological polar surface area (TPSA) is 41.1 Å². The molecule has 0 aromatic heterocycles. The van der Waals surface area contributed by atoms with Gasteiger partial charge in [-0.25, -0.2) is 8.78 Å². The number of carbonyl (C=O) groups excluding carboxylic acids is 1. The van der Waals surface area contributed by atoms with Gasteiger partial charge in [0, 0.05) is 11.8 Å². The van der Waals surface area contributed by atoms with E-state index in [1.165, 1.54) is 6.07 Å². The lowest BCUT2D eigenvalue weighted by Gasteiger charge is -2.23. The van der Waals surface area contributed by atoms with E-state index in [2.05, 4.69) is 31.4 Å². The zero-order valence-electron chi connectivity index (χ0n) is 13.4. The van der Waals surface area contributed by atoms with Crippen LogP contribution in [0.3, 0.4) is 0 Å². The summed E-state index contributed by atoms with van der Waals surface area (Å²) in [5.41, 5.74) is 1.72. The molecule has 0 atom stereocenters. The molecule has 0 unspecified atom stereocenters. The fourth-order valence-electron chi connectivity index (χ4n) is 2.25. The fraction of sp³-hybridized carbons (Fsp3) is 0.278. The highest BCUT2D eigenvalue weighted by atomic mass is 19.1. The highest BCUT2D eigenvalue weighted by molar-refractivity contribution is 5.94. The summed E-state index contributed by atoms with van der Waals surface area (Å²) in [5, 5.41) is 5.48. The van der Waals surface area contributed by atoms with Gasteiger partial charge in [-0.15, -0.1) is 0 Å². The molecule has 0 fully saturated rings. The number of halogens is 2. The Labute approximate surface area is 134 Å². The van der Waals surface area contributed by atoms with Crippen LogP contribution in [-0.4, -0.2) is 12.5 Å². The molecule has 0 spiro atoms. The molecule has 2 N–H and O–H groups in total. The highest BCUT2D eigenvalue weighted by Gasteiger charge is 2.18. The molecule has 0 heterocycles. The number of amides is 1. The van der Waals surface area contributed by atoms with Crippen molar-refractivity contribution in [3.05, 3.63) is 59.7 Å². The minimum absolute atomic E-state index is 0.0886. The molecule has 2 aromatic carbocycles. The Kier molecular flexibility index (Phi) is 4.98. The highest BCUT2D eigenvalue weighted by Crippen LogP contribution is 2.29. The van der Waals surface area contributed by atoms with E-state index in [0.717, 1.165) is 23.4 Å². The number of benzene rings is 2. The number of hydrogen-bond acceptors (Lipinski definition) is 2. The van der Waals surface area contributed by atoms with Crippen LogP contribution in [0.5, 0.6) is 0 Å². The van der Waals surface area contributed by atoms with Gasteiger partial charge in [0.1, 0.15) is 11.6 Å². The molecule has 0 radical (unpaired) electrons. The summed E-state index contributed by atoms with van der Waals surface area (Å²) in [6, 6.07) is 10.7. The van der Waals surface area contributed by atoms with Gasteiger partial charge in [0.05, 0.1) is 12.2 Å². The number of hydrogen-bond donors (Lipinski definition) is 2. The van der Waals surface area contributed by atoms with Crippen LogP contribution in [-0.2, 0) is 10.2 Å². The second kappa shape index (κ2) is 6.77. The molecule has 2 aromatic rings. The van der Waals surface area contributed by atoms with E-state index in [-0.39, 0.29) is 23.6 Å². The SMILES string of the molecule is CC(C)(C)c1ccccc1NC(=O)CNc1ccc(F)cc1F. The molecule has 0 saturated carbocycles. The summed E-state index contributed by atoms with van der Waals surface area (Å²) in [7, 11) is 0. The van der Waals surface area contributed by atoms with Crippen LogP contribution in [0.4, 0.5) is 20.2 Å². The largest absolute Gasteiger partial charge is 0.374 e. The number of carbonyl (C=O) groups is 1. The molecule has 1 amide bonds. The third kappa shape index (κ3) is 4.52. The lowest BCUT2D eigenvalue weighted by Crippen LogP contribution is -2.24. The van der Waals surface area contributed by atoms with Gasteiger partial charge in [-0.2, -0.15) is 0 Å². The first-order chi connectivity index (χ1) is 10.8. The fourth-order valence-corrected chi connectivity index (χ4v) is 2.25. The Morgan fingerprint density at radius 3 is 2.39 bits per heavy atom. The predicted molar refractivity (Wildman–Crippen MR) is 88.6 cm³/mol. The maximum Gasteiger partial charge on any atom is 0.243 e. The Morgan fingerprint density at radius 2 is 1.74 bits per heavy atom. The molecule has 0 aliphatic carbocycles. The van der Waals surface area contributed by atoms with Gasteiger partial charge in [0.15, 0.2) is 0 Å². The second-order valence-corrected chi connectivity index (χ2v) is 6.32. The van der Waals surface area contributed by atoms with Crippen molar-refractivity contribution >= 4 is 17.3 Å². The number of anilines is 2. The van der Waals surface area contributed by atoms with Crippen molar-refractivity contribution in [3.8, 4) is 0 Å². The van der Waals surface area contributed by atoms with E-state index in [4.69, 9.17) is 0 Å². The minimum Gasteiger partial charge on any atom is -0.374 e. The molecule has 0 aliphatic heterocycles. The molecule has 0 aliphatic rings. The van der Waals surface area contributed by atoms with Crippen molar-refractivity contribution in [1.29, 1.82) is 0 Å². The number of para-hydroxylation sites is 1. The summed E-state index contributed by atoms with van der Waals surface area (Å²) in [5.74, 6) is -1.69. The molecule has 3 nitrogen and oxygen atoms in total. The number of nitrogens with one attached hydrogen (secondary N) is 2. The van der Waals surface area contributed by atoms with Crippen LogP contribution in [0.1, 0.15) is 26.3 Å². The van der Waals surface area contributed by atoms with Crippen LogP contribution in [0.25, 0.3) is 0 Å². The van der Waals surface area contributed by atoms with Crippen LogP contribution in [0, 0.1) is 11.6 Å². The van der Waals surface area contributed by atoms with E-state index in [9.17, 15) is 13.6 Å². The quantitative estimate of drug-likeness (QED) is 0.882. The summed E-state index contributed by atoms with van der Waals surface area (Å²) in [6.07, 6.45) is 0. The summed E-state index contributed by atoms with van der Waals surface area (Å²) < 4.78 is 26.4. The molecular weight excluding hydrogens is 298 g/mol. The molecule has 122 valence electrons. The van der Waals surface area contributed by atoms with Crippen molar-refractivity contribution in [1.82, 2.24) is 0 Å². The van der Waals surface area contributed by atoms with E-state index >= 15 is 0 Å². The standard InChI is InChI=1S/C18H20F2N2O/c1-18(2,3)13-6-4-5-7-15(13)22-17(23)11-21-16-9-8-12(19)10-14(16)20/h4-10,21H,11H2,1-3H3,(H,22,23). The Bertz CT molecular complexity index is 708. The maximum atomic E-state index is 13.5. The van der Waals surface area contributed by atoms with E-state index in [1.54, 1.807) is 0 Å². The van der Waals surface area contributed by atoms with E-state index in [0.29, 0.717) is 0 Å². The average molecular weight is 318 g/mol. The van der Waals surface area contributed by atoms with Crippen molar-refractivity contribution in [2.45, 2.75) is 26.2 Å². The molecule has 5 heteroatoms. The van der Waals surface area contributed by atoms with Gasteiger partial charge in [0.25, 0.3) is 0 Å². The van der Waals surface area contributed by atoms with Gasteiger partial charge < -0.3 is 10.6 Å². The first kappa shape index (κ1) is 16.9. The second-order valence-electron chi connectivity index (χ2n) is 6.32. The first-order valence-corrected chi connectivity index (χ1v) is 7.35. The molecule has 0 bridgehead atoms. The van der Waals surface area contributed by atoms with Crippen LogP contribution in [0.15, 0.2) is 42.5 Å². The minimum atomic E-state index is -0.729. The third-order valence-electron chi connectivity index (χ3n) is 3.38. The third-order valence-corrected chi connectivity index (χ3v) is 3.38. The van der Waals surface area contributed by atoms with Crippen LogP contribution < -0.4 is 10.6 Å². The number of rotatable bonds is 4. The van der Waals surface area contributed by atoms with Crippen LogP contribution >= 0.6 is 0 Å².